The largest absolute Gasteiger partial charge is 0.455 e. The van der Waals surface area contributed by atoms with Crippen LogP contribution in [-0.4, -0.2) is 11.7 Å². The Morgan fingerprint density at radius 3 is 2.61 bits per heavy atom. The molecule has 0 saturated carbocycles. The molecule has 3 N–H and O–H groups in total. The second-order valence-corrected chi connectivity index (χ2v) is 4.78. The Bertz CT molecular complexity index is 543. The molecule has 2 aromatic carbocycles. The summed E-state index contributed by atoms with van der Waals surface area (Å²) in [5.41, 5.74) is 7.42. The number of anilines is 1. The molecule has 0 unspecified atom stereocenters. The highest BCUT2D eigenvalue weighted by Crippen LogP contribution is 2.31. The van der Waals surface area contributed by atoms with Gasteiger partial charge in [-0.3, -0.25) is 0 Å². The van der Waals surface area contributed by atoms with E-state index in [1.807, 2.05) is 36.4 Å². The number of hydrogen-bond acceptors (Lipinski definition) is 3. The molecular formula is C14H14BrNO2. The fourth-order valence-corrected chi connectivity index (χ4v) is 2.04. The van der Waals surface area contributed by atoms with Crippen LogP contribution in [0, 0.1) is 0 Å². The van der Waals surface area contributed by atoms with Crippen LogP contribution in [0.3, 0.4) is 0 Å². The lowest BCUT2D eigenvalue weighted by molar-refractivity contribution is 0.298. The topological polar surface area (TPSA) is 55.5 Å². The minimum atomic E-state index is 0.0934. The fourth-order valence-electron chi connectivity index (χ4n) is 1.66. The van der Waals surface area contributed by atoms with Crippen molar-refractivity contribution in [1.29, 1.82) is 0 Å². The molecule has 0 spiro atoms. The summed E-state index contributed by atoms with van der Waals surface area (Å²) in [6.07, 6.45) is 0.562. The van der Waals surface area contributed by atoms with Crippen molar-refractivity contribution in [2.75, 3.05) is 12.3 Å². The third-order valence-corrected chi connectivity index (χ3v) is 3.04. The maximum atomic E-state index is 9.01. The molecule has 0 saturated heterocycles. The smallest absolute Gasteiger partial charge is 0.150 e. The van der Waals surface area contributed by atoms with Gasteiger partial charge in [-0.15, -0.1) is 0 Å². The Hall–Kier alpha value is -1.52. The Balaban J connectivity index is 2.28. The van der Waals surface area contributed by atoms with Gasteiger partial charge in [0, 0.05) is 11.1 Å². The van der Waals surface area contributed by atoms with Crippen LogP contribution in [-0.2, 0) is 6.42 Å². The molecule has 3 nitrogen and oxygen atoms in total. The molecule has 0 aliphatic carbocycles. The second-order valence-electron chi connectivity index (χ2n) is 3.87. The van der Waals surface area contributed by atoms with Crippen molar-refractivity contribution in [2.45, 2.75) is 6.42 Å². The van der Waals surface area contributed by atoms with Gasteiger partial charge in [0.05, 0.1) is 5.69 Å². The highest BCUT2D eigenvalue weighted by Gasteiger charge is 2.06. The first-order chi connectivity index (χ1) is 8.70. The summed E-state index contributed by atoms with van der Waals surface area (Å²) in [4.78, 5) is 0. The molecule has 0 amide bonds. The van der Waals surface area contributed by atoms with Crippen LogP contribution in [0.2, 0.25) is 0 Å². The number of aliphatic hydroxyl groups is 1. The van der Waals surface area contributed by atoms with Gasteiger partial charge in [0.1, 0.15) is 11.5 Å². The maximum absolute atomic E-state index is 9.01. The molecule has 2 rings (SSSR count). The van der Waals surface area contributed by atoms with Gasteiger partial charge in [-0.2, -0.15) is 0 Å². The van der Waals surface area contributed by atoms with Gasteiger partial charge in [-0.1, -0.05) is 34.1 Å². The molecule has 4 heteroatoms. The predicted molar refractivity (Wildman–Crippen MR) is 75.9 cm³/mol. The first kappa shape index (κ1) is 12.9. The standard InChI is InChI=1S/C14H14BrNO2/c15-11-5-6-14(12(16)9-11)18-13-4-2-1-3-10(13)7-8-17/h1-6,9,17H,7-8,16H2. The summed E-state index contributed by atoms with van der Waals surface area (Å²) in [5.74, 6) is 1.34. The number of nitrogens with two attached hydrogens (primary N) is 1. The number of aliphatic hydroxyl groups excluding tert-OH is 1. The van der Waals surface area contributed by atoms with E-state index in [0.29, 0.717) is 17.9 Å². The Kier molecular flexibility index (Phi) is 4.23. The summed E-state index contributed by atoms with van der Waals surface area (Å²) in [5, 5.41) is 9.01. The van der Waals surface area contributed by atoms with E-state index >= 15 is 0 Å². The van der Waals surface area contributed by atoms with Crippen LogP contribution >= 0.6 is 15.9 Å². The number of halogens is 1. The number of hydrogen-bond donors (Lipinski definition) is 2. The van der Waals surface area contributed by atoms with Crippen molar-refractivity contribution in [3.05, 3.63) is 52.5 Å². The number of para-hydroxylation sites is 1. The SMILES string of the molecule is Nc1cc(Br)ccc1Oc1ccccc1CCO. The first-order valence-corrected chi connectivity index (χ1v) is 6.41. The summed E-state index contributed by atoms with van der Waals surface area (Å²) < 4.78 is 6.70. The fraction of sp³-hybridized carbons (Fsp3) is 0.143. The number of benzene rings is 2. The number of rotatable bonds is 4. The lowest BCUT2D eigenvalue weighted by atomic mass is 10.1. The van der Waals surface area contributed by atoms with E-state index in [-0.39, 0.29) is 6.61 Å². The second kappa shape index (κ2) is 5.89. The van der Waals surface area contributed by atoms with E-state index in [4.69, 9.17) is 15.6 Å². The monoisotopic (exact) mass is 307 g/mol. The van der Waals surface area contributed by atoms with Crippen molar-refractivity contribution in [2.24, 2.45) is 0 Å². The molecule has 0 aromatic heterocycles. The van der Waals surface area contributed by atoms with E-state index in [1.165, 1.54) is 0 Å². The molecule has 0 bridgehead atoms. The van der Waals surface area contributed by atoms with Crippen LogP contribution in [0.5, 0.6) is 11.5 Å². The van der Waals surface area contributed by atoms with E-state index in [0.717, 1.165) is 15.8 Å². The summed E-state index contributed by atoms with van der Waals surface area (Å²) in [7, 11) is 0. The molecule has 0 heterocycles. The van der Waals surface area contributed by atoms with Crippen molar-refractivity contribution in [1.82, 2.24) is 0 Å². The zero-order valence-corrected chi connectivity index (χ0v) is 11.4. The van der Waals surface area contributed by atoms with Crippen molar-refractivity contribution in [3.63, 3.8) is 0 Å². The molecule has 0 fully saturated rings. The highest BCUT2D eigenvalue weighted by atomic mass is 79.9. The molecule has 0 aliphatic rings. The van der Waals surface area contributed by atoms with Crippen LogP contribution < -0.4 is 10.5 Å². The normalized spacial score (nSPS) is 10.3. The third-order valence-electron chi connectivity index (χ3n) is 2.55. The molecule has 0 aliphatic heterocycles. The molecule has 2 aromatic rings. The average Bonchev–Trinajstić information content (AvgIpc) is 2.35. The lowest BCUT2D eigenvalue weighted by Gasteiger charge is -2.12. The van der Waals surface area contributed by atoms with Gasteiger partial charge in [0.15, 0.2) is 0 Å². The molecule has 0 atom stereocenters. The number of nitrogen functional groups attached to an aromatic ring is 1. The lowest BCUT2D eigenvalue weighted by Crippen LogP contribution is -1.97. The van der Waals surface area contributed by atoms with E-state index in [9.17, 15) is 0 Å². The van der Waals surface area contributed by atoms with Crippen LogP contribution in [0.15, 0.2) is 46.9 Å². The van der Waals surface area contributed by atoms with Crippen molar-refractivity contribution in [3.8, 4) is 11.5 Å². The summed E-state index contributed by atoms with van der Waals surface area (Å²) in [6.45, 7) is 0.0934. The van der Waals surface area contributed by atoms with Gasteiger partial charge in [-0.05, 0) is 36.2 Å². The molecule has 94 valence electrons. The molecule has 18 heavy (non-hydrogen) atoms. The number of ether oxygens (including phenoxy) is 1. The van der Waals surface area contributed by atoms with Crippen LogP contribution in [0.4, 0.5) is 5.69 Å². The van der Waals surface area contributed by atoms with E-state index < -0.39 is 0 Å². The first-order valence-electron chi connectivity index (χ1n) is 5.62. The highest BCUT2D eigenvalue weighted by molar-refractivity contribution is 9.10. The average molecular weight is 308 g/mol. The summed E-state index contributed by atoms with van der Waals surface area (Å²) >= 11 is 3.35. The minimum Gasteiger partial charge on any atom is -0.455 e. The zero-order chi connectivity index (χ0) is 13.0. The van der Waals surface area contributed by atoms with Crippen molar-refractivity contribution >= 4 is 21.6 Å². The van der Waals surface area contributed by atoms with Gasteiger partial charge >= 0.3 is 0 Å². The Labute approximate surface area is 114 Å². The van der Waals surface area contributed by atoms with E-state index in [2.05, 4.69) is 15.9 Å². The van der Waals surface area contributed by atoms with Crippen LogP contribution in [0.1, 0.15) is 5.56 Å². The summed E-state index contributed by atoms with van der Waals surface area (Å²) in [6, 6.07) is 13.1. The van der Waals surface area contributed by atoms with Gasteiger partial charge < -0.3 is 15.6 Å². The van der Waals surface area contributed by atoms with E-state index in [1.54, 1.807) is 6.07 Å². The predicted octanol–water partition coefficient (Wildman–Crippen LogP) is 3.36. The Morgan fingerprint density at radius 1 is 1.11 bits per heavy atom. The van der Waals surface area contributed by atoms with Gasteiger partial charge in [0.2, 0.25) is 0 Å². The van der Waals surface area contributed by atoms with Gasteiger partial charge in [0.25, 0.3) is 0 Å². The minimum absolute atomic E-state index is 0.0934. The Morgan fingerprint density at radius 2 is 1.89 bits per heavy atom. The van der Waals surface area contributed by atoms with Gasteiger partial charge in [-0.25, -0.2) is 0 Å². The molecule has 0 radical (unpaired) electrons. The van der Waals surface area contributed by atoms with Crippen LogP contribution in [0.25, 0.3) is 0 Å². The maximum Gasteiger partial charge on any atom is 0.150 e. The zero-order valence-electron chi connectivity index (χ0n) is 9.77. The quantitative estimate of drug-likeness (QED) is 0.852. The molecular weight excluding hydrogens is 294 g/mol. The third kappa shape index (κ3) is 3.03. The van der Waals surface area contributed by atoms with Crippen molar-refractivity contribution < 1.29 is 9.84 Å².